The number of hydrogen-bond donors (Lipinski definition) is 2. The fourth-order valence-corrected chi connectivity index (χ4v) is 2.47. The highest BCUT2D eigenvalue weighted by atomic mass is 16.3. The summed E-state index contributed by atoms with van der Waals surface area (Å²) in [5.74, 6) is 0.970. The zero-order chi connectivity index (χ0) is 12.0. The summed E-state index contributed by atoms with van der Waals surface area (Å²) in [7, 11) is 1.79. The molecule has 0 saturated heterocycles. The van der Waals surface area contributed by atoms with E-state index in [1.54, 1.807) is 17.8 Å². The van der Waals surface area contributed by atoms with Gasteiger partial charge in [-0.1, -0.05) is 6.07 Å². The number of aryl methyl sites for hydroxylation is 2. The maximum Gasteiger partial charge on any atom is 0.128 e. The second-order valence-corrected chi connectivity index (χ2v) is 4.53. The molecule has 0 spiro atoms. The Morgan fingerprint density at radius 2 is 2.18 bits per heavy atom. The lowest BCUT2D eigenvalue weighted by Crippen LogP contribution is -1.96. The van der Waals surface area contributed by atoms with Crippen molar-refractivity contribution in [3.05, 3.63) is 29.3 Å². The minimum atomic E-state index is 0.373. The van der Waals surface area contributed by atoms with Crippen LogP contribution in [0.5, 0.6) is 5.75 Å². The fourth-order valence-electron chi connectivity index (χ4n) is 2.47. The van der Waals surface area contributed by atoms with Crippen LogP contribution in [0.3, 0.4) is 0 Å². The molecular weight excluding hydrogens is 214 g/mol. The molecule has 0 fully saturated rings. The summed E-state index contributed by atoms with van der Waals surface area (Å²) in [6.45, 7) is 0. The molecule has 0 saturated carbocycles. The van der Waals surface area contributed by atoms with Gasteiger partial charge in [0.2, 0.25) is 0 Å². The highest BCUT2D eigenvalue weighted by molar-refractivity contribution is 5.72. The van der Waals surface area contributed by atoms with Crippen molar-refractivity contribution in [1.82, 2.24) is 9.78 Å². The summed E-state index contributed by atoms with van der Waals surface area (Å²) < 4.78 is 1.61. The summed E-state index contributed by atoms with van der Waals surface area (Å²) in [6, 6.07) is 5.81. The third kappa shape index (κ3) is 1.48. The van der Waals surface area contributed by atoms with Crippen LogP contribution in [0.1, 0.15) is 17.5 Å². The maximum atomic E-state index is 10.3. The average Bonchev–Trinajstić information content (AvgIpc) is 2.88. The van der Waals surface area contributed by atoms with Gasteiger partial charge in [0.1, 0.15) is 11.6 Å². The lowest BCUT2D eigenvalue weighted by atomic mass is 10.0. The van der Waals surface area contributed by atoms with Crippen LogP contribution in [0.4, 0.5) is 5.82 Å². The second-order valence-electron chi connectivity index (χ2n) is 4.53. The van der Waals surface area contributed by atoms with Crippen molar-refractivity contribution in [2.45, 2.75) is 19.3 Å². The largest absolute Gasteiger partial charge is 0.507 e. The molecule has 88 valence electrons. The third-order valence-electron chi connectivity index (χ3n) is 3.44. The first-order chi connectivity index (χ1) is 8.16. The van der Waals surface area contributed by atoms with Gasteiger partial charge in [-0.25, -0.2) is 0 Å². The Kier molecular flexibility index (Phi) is 2.11. The molecule has 3 N–H and O–H groups in total. The number of rotatable bonds is 1. The van der Waals surface area contributed by atoms with Crippen molar-refractivity contribution >= 4 is 5.82 Å². The summed E-state index contributed by atoms with van der Waals surface area (Å²) >= 11 is 0. The fraction of sp³-hybridized carbons (Fsp3) is 0.308. The topological polar surface area (TPSA) is 64.1 Å². The molecule has 17 heavy (non-hydrogen) atoms. The molecule has 1 aliphatic carbocycles. The zero-order valence-corrected chi connectivity index (χ0v) is 9.77. The Balaban J connectivity index is 2.15. The number of nitrogens with zero attached hydrogens (tertiary/aromatic N) is 2. The van der Waals surface area contributed by atoms with Gasteiger partial charge in [0.05, 0.1) is 5.69 Å². The highest BCUT2D eigenvalue weighted by Crippen LogP contribution is 2.38. The number of anilines is 1. The van der Waals surface area contributed by atoms with E-state index >= 15 is 0 Å². The number of phenols is 1. The molecule has 4 heteroatoms. The van der Waals surface area contributed by atoms with Gasteiger partial charge in [0, 0.05) is 18.7 Å². The average molecular weight is 229 g/mol. The molecule has 0 atom stereocenters. The first-order valence-electron chi connectivity index (χ1n) is 5.80. The first-order valence-corrected chi connectivity index (χ1v) is 5.80. The summed E-state index contributed by atoms with van der Waals surface area (Å²) in [4.78, 5) is 0. The smallest absolute Gasteiger partial charge is 0.128 e. The normalized spacial score (nSPS) is 13.9. The minimum absolute atomic E-state index is 0.373. The highest BCUT2D eigenvalue weighted by Gasteiger charge is 2.19. The van der Waals surface area contributed by atoms with Crippen molar-refractivity contribution in [2.75, 3.05) is 5.73 Å². The van der Waals surface area contributed by atoms with Crippen LogP contribution in [-0.2, 0) is 19.9 Å². The van der Waals surface area contributed by atoms with Crippen molar-refractivity contribution in [3.63, 3.8) is 0 Å². The summed E-state index contributed by atoms with van der Waals surface area (Å²) in [5.41, 5.74) is 9.60. The van der Waals surface area contributed by atoms with Gasteiger partial charge in [-0.05, 0) is 36.5 Å². The van der Waals surface area contributed by atoms with Crippen LogP contribution in [0.25, 0.3) is 11.3 Å². The SMILES string of the molecule is Cn1nc(-c2ccc3c(c2O)CCC3)cc1N. The van der Waals surface area contributed by atoms with E-state index in [1.165, 1.54) is 5.56 Å². The molecule has 1 aliphatic rings. The molecule has 0 unspecified atom stereocenters. The number of phenolic OH excluding ortho intramolecular Hbond substituents is 1. The Morgan fingerprint density at radius 1 is 1.35 bits per heavy atom. The third-order valence-corrected chi connectivity index (χ3v) is 3.44. The van der Waals surface area contributed by atoms with E-state index in [0.29, 0.717) is 11.6 Å². The Hall–Kier alpha value is -1.97. The van der Waals surface area contributed by atoms with E-state index in [2.05, 4.69) is 11.2 Å². The number of nitrogen functional groups attached to an aromatic ring is 1. The van der Waals surface area contributed by atoms with Crippen LogP contribution in [-0.4, -0.2) is 14.9 Å². The van der Waals surface area contributed by atoms with Gasteiger partial charge in [0.25, 0.3) is 0 Å². The number of aromatic hydroxyl groups is 1. The van der Waals surface area contributed by atoms with Crippen molar-refractivity contribution in [1.29, 1.82) is 0 Å². The van der Waals surface area contributed by atoms with Crippen molar-refractivity contribution in [3.8, 4) is 17.0 Å². The van der Waals surface area contributed by atoms with Gasteiger partial charge < -0.3 is 10.8 Å². The van der Waals surface area contributed by atoms with E-state index in [1.807, 2.05) is 6.07 Å². The maximum absolute atomic E-state index is 10.3. The van der Waals surface area contributed by atoms with E-state index in [-0.39, 0.29) is 0 Å². The lowest BCUT2D eigenvalue weighted by molar-refractivity contribution is 0.471. The molecule has 4 nitrogen and oxygen atoms in total. The monoisotopic (exact) mass is 229 g/mol. The van der Waals surface area contributed by atoms with E-state index in [0.717, 1.165) is 36.1 Å². The van der Waals surface area contributed by atoms with Gasteiger partial charge in [0.15, 0.2) is 0 Å². The lowest BCUT2D eigenvalue weighted by Gasteiger charge is -2.07. The molecule has 0 bridgehead atoms. The zero-order valence-electron chi connectivity index (χ0n) is 9.77. The van der Waals surface area contributed by atoms with Crippen LogP contribution in [0.15, 0.2) is 18.2 Å². The van der Waals surface area contributed by atoms with E-state index in [4.69, 9.17) is 5.73 Å². The number of hydrogen-bond acceptors (Lipinski definition) is 3. The molecule has 0 amide bonds. The van der Waals surface area contributed by atoms with Gasteiger partial charge in [-0.3, -0.25) is 4.68 Å². The quantitative estimate of drug-likeness (QED) is 0.784. The van der Waals surface area contributed by atoms with E-state index < -0.39 is 0 Å². The minimum Gasteiger partial charge on any atom is -0.507 e. The predicted octanol–water partition coefficient (Wildman–Crippen LogP) is 1.86. The Bertz CT molecular complexity index is 567. The van der Waals surface area contributed by atoms with Gasteiger partial charge >= 0.3 is 0 Å². The molecule has 0 radical (unpaired) electrons. The van der Waals surface area contributed by atoms with Crippen LogP contribution >= 0.6 is 0 Å². The number of aromatic nitrogens is 2. The Labute approximate surface area is 99.7 Å². The molecule has 3 rings (SSSR count). The second kappa shape index (κ2) is 3.52. The predicted molar refractivity (Wildman–Crippen MR) is 66.7 cm³/mol. The van der Waals surface area contributed by atoms with Gasteiger partial charge in [-0.2, -0.15) is 5.10 Å². The summed E-state index contributed by atoms with van der Waals surface area (Å²) in [6.07, 6.45) is 3.14. The molecule has 1 heterocycles. The van der Waals surface area contributed by atoms with Gasteiger partial charge in [-0.15, -0.1) is 0 Å². The van der Waals surface area contributed by atoms with E-state index in [9.17, 15) is 5.11 Å². The van der Waals surface area contributed by atoms with Crippen molar-refractivity contribution in [2.24, 2.45) is 7.05 Å². The van der Waals surface area contributed by atoms with Crippen molar-refractivity contribution < 1.29 is 5.11 Å². The van der Waals surface area contributed by atoms with Crippen LogP contribution < -0.4 is 5.73 Å². The number of nitrogens with two attached hydrogens (primary N) is 1. The molecular formula is C13H15N3O. The first kappa shape index (κ1) is 10.2. The molecule has 1 aromatic carbocycles. The molecule has 1 aromatic heterocycles. The standard InChI is InChI=1S/C13H15N3O/c1-16-12(14)7-11(15-16)10-6-5-8-3-2-4-9(8)13(10)17/h5-7,17H,2-4,14H2,1H3. The summed E-state index contributed by atoms with van der Waals surface area (Å²) in [5, 5.41) is 14.6. The Morgan fingerprint density at radius 3 is 2.88 bits per heavy atom. The molecule has 2 aromatic rings. The number of fused-ring (bicyclic) bond motifs is 1. The number of benzene rings is 1. The van der Waals surface area contributed by atoms with Crippen LogP contribution in [0, 0.1) is 0 Å². The molecule has 0 aliphatic heterocycles. The van der Waals surface area contributed by atoms with Crippen LogP contribution in [0.2, 0.25) is 0 Å².